The van der Waals surface area contributed by atoms with E-state index in [0.717, 1.165) is 38.5 Å². The second kappa shape index (κ2) is 7.32. The van der Waals surface area contributed by atoms with Crippen LogP contribution >= 0.6 is 0 Å². The predicted octanol–water partition coefficient (Wildman–Crippen LogP) is 4.13. The molecule has 1 aromatic rings. The van der Waals surface area contributed by atoms with Crippen LogP contribution in [0.1, 0.15) is 50.3 Å². The van der Waals surface area contributed by atoms with Gasteiger partial charge in [0.25, 0.3) is 0 Å². The molecule has 2 nitrogen and oxygen atoms in total. The van der Waals surface area contributed by atoms with Crippen molar-refractivity contribution in [3.05, 3.63) is 34.9 Å². The normalized spacial score (nSPS) is 23.5. The fourth-order valence-corrected chi connectivity index (χ4v) is 3.18. The molecule has 1 aromatic carbocycles. The molecule has 3 unspecified atom stereocenters. The highest BCUT2D eigenvalue weighted by molar-refractivity contribution is 5.29. The Labute approximate surface area is 125 Å². The van der Waals surface area contributed by atoms with Gasteiger partial charge in [-0.05, 0) is 44.4 Å². The van der Waals surface area contributed by atoms with Crippen molar-refractivity contribution in [3.63, 3.8) is 0 Å². The van der Waals surface area contributed by atoms with Crippen molar-refractivity contribution >= 4 is 0 Å². The van der Waals surface area contributed by atoms with Gasteiger partial charge >= 0.3 is 0 Å². The van der Waals surface area contributed by atoms with Gasteiger partial charge < -0.3 is 10.1 Å². The predicted molar refractivity (Wildman–Crippen MR) is 80.3 cm³/mol. The van der Waals surface area contributed by atoms with Gasteiger partial charge in [0.15, 0.2) is 0 Å². The first kappa shape index (κ1) is 16.4. The summed E-state index contributed by atoms with van der Waals surface area (Å²) in [4.78, 5) is 0. The van der Waals surface area contributed by atoms with Crippen LogP contribution in [0.25, 0.3) is 0 Å². The summed E-state index contributed by atoms with van der Waals surface area (Å²) in [7, 11) is 0. The van der Waals surface area contributed by atoms with Gasteiger partial charge in [0.1, 0.15) is 11.6 Å². The standard InChI is InChI=1S/C17H25F2NO/c1-4-7-20-17(12-6-8-21-16(12)5-2)13-9-11(3)14(18)10-15(13)19/h9-10,12,16-17,20H,4-8H2,1-3H3. The van der Waals surface area contributed by atoms with Crippen LogP contribution in [-0.4, -0.2) is 19.3 Å². The Morgan fingerprint density at radius 1 is 1.29 bits per heavy atom. The first-order valence-electron chi connectivity index (χ1n) is 7.89. The van der Waals surface area contributed by atoms with Crippen LogP contribution in [-0.2, 0) is 4.74 Å². The van der Waals surface area contributed by atoms with Gasteiger partial charge in [-0.2, -0.15) is 0 Å². The van der Waals surface area contributed by atoms with Crippen LogP contribution in [0, 0.1) is 24.5 Å². The van der Waals surface area contributed by atoms with Gasteiger partial charge in [-0.3, -0.25) is 0 Å². The van der Waals surface area contributed by atoms with Crippen LogP contribution in [0.3, 0.4) is 0 Å². The number of ether oxygens (including phenoxy) is 1. The fraction of sp³-hybridized carbons (Fsp3) is 0.647. The van der Waals surface area contributed by atoms with E-state index in [-0.39, 0.29) is 18.1 Å². The number of benzene rings is 1. The summed E-state index contributed by atoms with van der Waals surface area (Å²) in [6.45, 7) is 7.38. The lowest BCUT2D eigenvalue weighted by Gasteiger charge is -2.29. The molecule has 1 fully saturated rings. The van der Waals surface area contributed by atoms with Crippen molar-refractivity contribution < 1.29 is 13.5 Å². The second-order valence-electron chi connectivity index (χ2n) is 5.82. The maximum Gasteiger partial charge on any atom is 0.130 e. The molecule has 0 amide bonds. The van der Waals surface area contributed by atoms with Crippen LogP contribution in [0.5, 0.6) is 0 Å². The Morgan fingerprint density at radius 2 is 2.05 bits per heavy atom. The summed E-state index contributed by atoms with van der Waals surface area (Å²) < 4.78 is 33.5. The summed E-state index contributed by atoms with van der Waals surface area (Å²) in [6.07, 6.45) is 2.94. The molecule has 1 N–H and O–H groups in total. The maximum absolute atomic E-state index is 14.3. The summed E-state index contributed by atoms with van der Waals surface area (Å²) in [5, 5.41) is 3.44. The zero-order valence-corrected chi connectivity index (χ0v) is 13.1. The monoisotopic (exact) mass is 297 g/mol. The molecular formula is C17H25F2NO. The molecule has 0 radical (unpaired) electrons. The highest BCUT2D eigenvalue weighted by Crippen LogP contribution is 2.36. The van der Waals surface area contributed by atoms with Crippen molar-refractivity contribution in [2.45, 2.75) is 52.2 Å². The average Bonchev–Trinajstić information content (AvgIpc) is 2.93. The molecule has 21 heavy (non-hydrogen) atoms. The van der Waals surface area contributed by atoms with Crippen LogP contribution in [0.2, 0.25) is 0 Å². The molecular weight excluding hydrogens is 272 g/mol. The van der Waals surface area contributed by atoms with Crippen molar-refractivity contribution in [2.24, 2.45) is 5.92 Å². The van der Waals surface area contributed by atoms with E-state index in [1.165, 1.54) is 0 Å². The SMILES string of the molecule is CCCNC(c1cc(C)c(F)cc1F)C1CCOC1CC. The van der Waals surface area contributed by atoms with E-state index in [0.29, 0.717) is 11.1 Å². The summed E-state index contributed by atoms with van der Waals surface area (Å²) in [6, 6.07) is 2.53. The number of aryl methyl sites for hydroxylation is 1. The summed E-state index contributed by atoms with van der Waals surface area (Å²) in [5.74, 6) is -0.713. The fourth-order valence-electron chi connectivity index (χ4n) is 3.18. The molecule has 4 heteroatoms. The molecule has 0 saturated carbocycles. The summed E-state index contributed by atoms with van der Waals surface area (Å²) in [5.41, 5.74) is 1.05. The Morgan fingerprint density at radius 3 is 2.71 bits per heavy atom. The Bertz CT molecular complexity index is 478. The van der Waals surface area contributed by atoms with Gasteiger partial charge in [-0.1, -0.05) is 13.8 Å². The van der Waals surface area contributed by atoms with Crippen molar-refractivity contribution in [1.82, 2.24) is 5.32 Å². The van der Waals surface area contributed by atoms with Crippen LogP contribution < -0.4 is 5.32 Å². The van der Waals surface area contributed by atoms with E-state index in [1.54, 1.807) is 13.0 Å². The number of hydrogen-bond donors (Lipinski definition) is 1. The largest absolute Gasteiger partial charge is 0.378 e. The number of nitrogens with one attached hydrogen (secondary N) is 1. The Balaban J connectivity index is 2.33. The first-order valence-corrected chi connectivity index (χ1v) is 7.89. The van der Waals surface area contributed by atoms with Crippen LogP contribution in [0.4, 0.5) is 8.78 Å². The third-order valence-corrected chi connectivity index (χ3v) is 4.32. The summed E-state index contributed by atoms with van der Waals surface area (Å²) >= 11 is 0. The van der Waals surface area contributed by atoms with Crippen molar-refractivity contribution in [3.8, 4) is 0 Å². The van der Waals surface area contributed by atoms with Gasteiger partial charge in [0.05, 0.1) is 6.10 Å². The van der Waals surface area contributed by atoms with E-state index in [4.69, 9.17) is 4.74 Å². The molecule has 1 aliphatic heterocycles. The molecule has 1 aliphatic rings. The minimum absolute atomic E-state index is 0.114. The van der Waals surface area contributed by atoms with Gasteiger partial charge in [-0.25, -0.2) is 8.78 Å². The van der Waals surface area contributed by atoms with Crippen molar-refractivity contribution in [1.29, 1.82) is 0 Å². The lowest BCUT2D eigenvalue weighted by atomic mass is 9.85. The van der Waals surface area contributed by atoms with E-state index in [1.807, 2.05) is 0 Å². The van der Waals surface area contributed by atoms with E-state index < -0.39 is 11.6 Å². The first-order chi connectivity index (χ1) is 10.1. The third-order valence-electron chi connectivity index (χ3n) is 4.32. The second-order valence-corrected chi connectivity index (χ2v) is 5.82. The molecule has 0 aromatic heterocycles. The molecule has 118 valence electrons. The lowest BCUT2D eigenvalue weighted by molar-refractivity contribution is 0.0770. The van der Waals surface area contributed by atoms with Gasteiger partial charge in [-0.15, -0.1) is 0 Å². The minimum Gasteiger partial charge on any atom is -0.378 e. The van der Waals surface area contributed by atoms with Crippen LogP contribution in [0.15, 0.2) is 12.1 Å². The third kappa shape index (κ3) is 3.61. The molecule has 0 spiro atoms. The van der Waals surface area contributed by atoms with E-state index in [9.17, 15) is 8.78 Å². The Kier molecular flexibility index (Phi) is 5.71. The smallest absolute Gasteiger partial charge is 0.130 e. The van der Waals surface area contributed by atoms with Gasteiger partial charge in [0.2, 0.25) is 0 Å². The van der Waals surface area contributed by atoms with Gasteiger partial charge in [0, 0.05) is 30.2 Å². The highest BCUT2D eigenvalue weighted by Gasteiger charge is 2.35. The zero-order valence-electron chi connectivity index (χ0n) is 13.1. The number of halogens is 2. The topological polar surface area (TPSA) is 21.3 Å². The highest BCUT2D eigenvalue weighted by atomic mass is 19.1. The van der Waals surface area contributed by atoms with Crippen molar-refractivity contribution in [2.75, 3.05) is 13.2 Å². The molecule has 0 bridgehead atoms. The quantitative estimate of drug-likeness (QED) is 0.852. The molecule has 1 heterocycles. The minimum atomic E-state index is -0.486. The average molecular weight is 297 g/mol. The number of hydrogen-bond acceptors (Lipinski definition) is 2. The number of rotatable bonds is 6. The van der Waals surface area contributed by atoms with E-state index in [2.05, 4.69) is 19.2 Å². The lowest BCUT2D eigenvalue weighted by Crippen LogP contribution is -2.34. The zero-order chi connectivity index (χ0) is 15.4. The maximum atomic E-state index is 14.3. The van der Waals surface area contributed by atoms with E-state index >= 15 is 0 Å². The molecule has 3 atom stereocenters. The molecule has 0 aliphatic carbocycles. The molecule has 1 saturated heterocycles. The Hall–Kier alpha value is -1.00. The molecule has 2 rings (SSSR count).